The predicted octanol–water partition coefficient (Wildman–Crippen LogP) is 2.70. The molecule has 0 aliphatic carbocycles. The summed E-state index contributed by atoms with van der Waals surface area (Å²) < 4.78 is 6.85. The van der Waals surface area contributed by atoms with E-state index in [4.69, 9.17) is 4.74 Å². The topological polar surface area (TPSA) is 86.1 Å². The standard InChI is InChI=1S/C20H22N4O3S/c1-3-27-20(26)15(9-14-7-5-4-6-8-14)10-21-18(25)17-13-28-19(23-17)16-11-22-24(2)12-16/h4-8,11-13,15H,3,9-10H2,1-2H3,(H,21,25). The van der Waals surface area contributed by atoms with Gasteiger partial charge in [0.1, 0.15) is 10.7 Å². The molecule has 0 bridgehead atoms. The van der Waals surface area contributed by atoms with E-state index in [-0.39, 0.29) is 18.4 Å². The van der Waals surface area contributed by atoms with E-state index >= 15 is 0 Å². The summed E-state index contributed by atoms with van der Waals surface area (Å²) in [6.45, 7) is 2.26. The molecule has 1 atom stereocenters. The summed E-state index contributed by atoms with van der Waals surface area (Å²) in [4.78, 5) is 29.2. The molecule has 8 heteroatoms. The summed E-state index contributed by atoms with van der Waals surface area (Å²) in [5.41, 5.74) is 2.20. The smallest absolute Gasteiger partial charge is 0.311 e. The number of esters is 1. The lowest BCUT2D eigenvalue weighted by atomic mass is 9.99. The van der Waals surface area contributed by atoms with Gasteiger partial charge in [0.2, 0.25) is 0 Å². The maximum Gasteiger partial charge on any atom is 0.311 e. The van der Waals surface area contributed by atoms with E-state index in [0.717, 1.165) is 16.1 Å². The molecule has 0 aliphatic heterocycles. The van der Waals surface area contributed by atoms with E-state index in [9.17, 15) is 9.59 Å². The number of carbonyl (C=O) groups is 2. The quantitative estimate of drug-likeness (QED) is 0.590. The highest BCUT2D eigenvalue weighted by Crippen LogP contribution is 2.23. The number of aromatic nitrogens is 3. The SMILES string of the molecule is CCOC(=O)C(CNC(=O)c1csc(-c2cnn(C)c2)n1)Cc1ccccc1. The van der Waals surface area contributed by atoms with Gasteiger partial charge in [-0.1, -0.05) is 30.3 Å². The molecule has 0 saturated heterocycles. The highest BCUT2D eigenvalue weighted by Gasteiger charge is 2.22. The van der Waals surface area contributed by atoms with Gasteiger partial charge in [-0.15, -0.1) is 11.3 Å². The van der Waals surface area contributed by atoms with Crippen molar-refractivity contribution in [3.8, 4) is 10.6 Å². The number of benzene rings is 1. The van der Waals surface area contributed by atoms with E-state index in [0.29, 0.717) is 18.7 Å². The number of nitrogens with zero attached hydrogens (tertiary/aromatic N) is 3. The Labute approximate surface area is 167 Å². The van der Waals surface area contributed by atoms with Gasteiger partial charge in [0.15, 0.2) is 0 Å². The van der Waals surface area contributed by atoms with Gasteiger partial charge < -0.3 is 10.1 Å². The average Bonchev–Trinajstić information content (AvgIpc) is 3.35. The minimum absolute atomic E-state index is 0.187. The molecule has 1 amide bonds. The molecular formula is C20H22N4O3S. The maximum absolute atomic E-state index is 12.5. The largest absolute Gasteiger partial charge is 0.466 e. The molecule has 3 rings (SSSR count). The normalized spacial score (nSPS) is 11.8. The van der Waals surface area contributed by atoms with Gasteiger partial charge >= 0.3 is 5.97 Å². The van der Waals surface area contributed by atoms with Gasteiger partial charge in [0.25, 0.3) is 5.91 Å². The van der Waals surface area contributed by atoms with E-state index in [1.165, 1.54) is 11.3 Å². The number of hydrogen-bond acceptors (Lipinski definition) is 6. The van der Waals surface area contributed by atoms with Crippen molar-refractivity contribution < 1.29 is 14.3 Å². The number of amides is 1. The number of carbonyl (C=O) groups excluding carboxylic acids is 2. The second kappa shape index (κ2) is 9.27. The predicted molar refractivity (Wildman–Crippen MR) is 107 cm³/mol. The molecule has 3 aromatic rings. The van der Waals surface area contributed by atoms with Crippen LogP contribution in [0, 0.1) is 5.92 Å². The number of thiazole rings is 1. The monoisotopic (exact) mass is 398 g/mol. The average molecular weight is 398 g/mol. The third-order valence-corrected chi connectivity index (χ3v) is 5.03. The van der Waals surface area contributed by atoms with Crippen LogP contribution >= 0.6 is 11.3 Å². The molecule has 0 spiro atoms. The van der Waals surface area contributed by atoms with Crippen LogP contribution in [0.2, 0.25) is 0 Å². The van der Waals surface area contributed by atoms with Crippen LogP contribution in [0.25, 0.3) is 10.6 Å². The minimum Gasteiger partial charge on any atom is -0.466 e. The number of aryl methyl sites for hydroxylation is 1. The molecule has 1 unspecified atom stereocenters. The van der Waals surface area contributed by atoms with Crippen LogP contribution in [0.1, 0.15) is 23.0 Å². The Balaban J connectivity index is 1.64. The molecule has 1 N–H and O–H groups in total. The van der Waals surface area contributed by atoms with Gasteiger partial charge in [-0.05, 0) is 18.9 Å². The van der Waals surface area contributed by atoms with Gasteiger partial charge in [-0.2, -0.15) is 5.10 Å². The first kappa shape index (κ1) is 19.8. The summed E-state index contributed by atoms with van der Waals surface area (Å²) in [7, 11) is 1.83. The van der Waals surface area contributed by atoms with Crippen LogP contribution in [0.3, 0.4) is 0 Å². The Hall–Kier alpha value is -3.00. The Morgan fingerprint density at radius 3 is 2.75 bits per heavy atom. The summed E-state index contributed by atoms with van der Waals surface area (Å²) in [5, 5.41) is 9.36. The number of rotatable bonds is 8. The van der Waals surface area contributed by atoms with Crippen LogP contribution < -0.4 is 5.32 Å². The Bertz CT molecular complexity index is 936. The molecule has 0 fully saturated rings. The summed E-state index contributed by atoms with van der Waals surface area (Å²) in [5.74, 6) is -1.09. The number of hydrogen-bond donors (Lipinski definition) is 1. The molecule has 28 heavy (non-hydrogen) atoms. The van der Waals surface area contributed by atoms with Crippen molar-refractivity contribution in [2.45, 2.75) is 13.3 Å². The van der Waals surface area contributed by atoms with Crippen molar-refractivity contribution >= 4 is 23.2 Å². The van der Waals surface area contributed by atoms with Crippen molar-refractivity contribution in [3.63, 3.8) is 0 Å². The first-order chi connectivity index (χ1) is 13.6. The highest BCUT2D eigenvalue weighted by atomic mass is 32.1. The minimum atomic E-state index is -0.456. The van der Waals surface area contributed by atoms with Gasteiger partial charge in [0, 0.05) is 30.7 Å². The molecule has 7 nitrogen and oxygen atoms in total. The van der Waals surface area contributed by atoms with Crippen molar-refractivity contribution in [2.75, 3.05) is 13.2 Å². The third kappa shape index (κ3) is 5.04. The van der Waals surface area contributed by atoms with Crippen LogP contribution in [-0.2, 0) is 23.0 Å². The second-order valence-corrected chi connectivity index (χ2v) is 7.15. The fourth-order valence-electron chi connectivity index (χ4n) is 2.75. The fraction of sp³-hybridized carbons (Fsp3) is 0.300. The van der Waals surface area contributed by atoms with Crippen LogP contribution in [-0.4, -0.2) is 39.8 Å². The summed E-state index contributed by atoms with van der Waals surface area (Å²) in [6.07, 6.45) is 4.05. The Morgan fingerprint density at radius 1 is 1.29 bits per heavy atom. The first-order valence-electron chi connectivity index (χ1n) is 9.00. The maximum atomic E-state index is 12.5. The highest BCUT2D eigenvalue weighted by molar-refractivity contribution is 7.13. The van der Waals surface area contributed by atoms with Crippen molar-refractivity contribution in [3.05, 3.63) is 59.4 Å². The van der Waals surface area contributed by atoms with E-state index in [1.807, 2.05) is 43.6 Å². The fourth-order valence-corrected chi connectivity index (χ4v) is 3.52. The molecule has 2 aromatic heterocycles. The van der Waals surface area contributed by atoms with Crippen LogP contribution in [0.15, 0.2) is 48.1 Å². The molecular weight excluding hydrogens is 376 g/mol. The second-order valence-electron chi connectivity index (χ2n) is 6.29. The van der Waals surface area contributed by atoms with Crippen molar-refractivity contribution in [1.29, 1.82) is 0 Å². The zero-order valence-electron chi connectivity index (χ0n) is 15.8. The Morgan fingerprint density at radius 2 is 2.07 bits per heavy atom. The zero-order valence-corrected chi connectivity index (χ0v) is 16.6. The summed E-state index contributed by atoms with van der Waals surface area (Å²) >= 11 is 1.38. The first-order valence-corrected chi connectivity index (χ1v) is 9.88. The van der Waals surface area contributed by atoms with Gasteiger partial charge in [0.05, 0.1) is 18.7 Å². The Kier molecular flexibility index (Phi) is 6.54. The van der Waals surface area contributed by atoms with Gasteiger partial charge in [-0.25, -0.2) is 4.98 Å². The lowest BCUT2D eigenvalue weighted by Gasteiger charge is -2.16. The van der Waals surface area contributed by atoms with E-state index in [1.54, 1.807) is 23.2 Å². The van der Waals surface area contributed by atoms with Gasteiger partial charge in [-0.3, -0.25) is 14.3 Å². The third-order valence-electron chi connectivity index (χ3n) is 4.14. The number of nitrogens with one attached hydrogen (secondary N) is 1. The van der Waals surface area contributed by atoms with E-state index < -0.39 is 5.92 Å². The van der Waals surface area contributed by atoms with Crippen molar-refractivity contribution in [1.82, 2.24) is 20.1 Å². The van der Waals surface area contributed by atoms with E-state index in [2.05, 4.69) is 15.4 Å². The molecule has 2 heterocycles. The molecule has 0 aliphatic rings. The lowest BCUT2D eigenvalue weighted by Crippen LogP contribution is -2.35. The van der Waals surface area contributed by atoms with Crippen LogP contribution in [0.4, 0.5) is 0 Å². The lowest BCUT2D eigenvalue weighted by molar-refractivity contribution is -0.147. The molecule has 146 valence electrons. The number of ether oxygens (including phenoxy) is 1. The van der Waals surface area contributed by atoms with Crippen LogP contribution in [0.5, 0.6) is 0 Å². The van der Waals surface area contributed by atoms with Crippen molar-refractivity contribution in [2.24, 2.45) is 13.0 Å². The molecule has 0 radical (unpaired) electrons. The zero-order chi connectivity index (χ0) is 19.9. The summed E-state index contributed by atoms with van der Waals surface area (Å²) in [6, 6.07) is 9.67. The molecule has 1 aromatic carbocycles. The molecule has 0 saturated carbocycles.